The van der Waals surface area contributed by atoms with Gasteiger partial charge in [0, 0.05) is 6.42 Å². The number of carbonyl (C=O) groups is 1. The maximum atomic E-state index is 10.0. The van der Waals surface area contributed by atoms with Crippen LogP contribution in [-0.4, -0.2) is 6.29 Å². The van der Waals surface area contributed by atoms with Crippen LogP contribution < -0.4 is 0 Å². The quantitative estimate of drug-likeness (QED) is 0.301. The molecule has 17 heavy (non-hydrogen) atoms. The van der Waals surface area contributed by atoms with Crippen LogP contribution >= 0.6 is 0 Å². The molecule has 0 saturated carbocycles. The number of aldehydes is 1. The zero-order valence-electron chi connectivity index (χ0n) is 10.8. The van der Waals surface area contributed by atoms with Crippen molar-refractivity contribution in [1.82, 2.24) is 0 Å². The Balaban J connectivity index is 3.35. The lowest BCUT2D eigenvalue weighted by Crippen LogP contribution is -1.70. The third-order valence-corrected chi connectivity index (χ3v) is 2.20. The van der Waals surface area contributed by atoms with Crippen molar-refractivity contribution in [1.29, 1.82) is 0 Å². The predicted molar refractivity (Wildman–Crippen MR) is 76.0 cm³/mol. The second-order valence-corrected chi connectivity index (χ2v) is 3.80. The summed E-state index contributed by atoms with van der Waals surface area (Å²) < 4.78 is 0. The summed E-state index contributed by atoms with van der Waals surface area (Å²) in [5.41, 5.74) is 0. The largest absolute Gasteiger partial charge is 0.303 e. The van der Waals surface area contributed by atoms with Crippen molar-refractivity contribution < 1.29 is 4.79 Å². The first-order valence-corrected chi connectivity index (χ1v) is 6.48. The monoisotopic (exact) mass is 232 g/mol. The summed E-state index contributed by atoms with van der Waals surface area (Å²) in [6, 6.07) is 0. The minimum Gasteiger partial charge on any atom is -0.303 e. The summed E-state index contributed by atoms with van der Waals surface area (Å²) in [6.07, 6.45) is 23.8. The molecule has 0 bridgehead atoms. The molecule has 0 aromatic carbocycles. The van der Waals surface area contributed by atoms with E-state index in [2.05, 4.69) is 43.4 Å². The van der Waals surface area contributed by atoms with Crippen LogP contribution in [0.4, 0.5) is 0 Å². The second-order valence-electron chi connectivity index (χ2n) is 3.80. The number of rotatable bonds is 10. The number of hydrogen-bond donors (Lipinski definition) is 0. The lowest BCUT2D eigenvalue weighted by molar-refractivity contribution is -0.107. The SMILES string of the molecule is CC/C=C\C=C/CCC/C=C/C=C/CCC=O. The first-order valence-electron chi connectivity index (χ1n) is 6.48. The number of hydrogen-bond acceptors (Lipinski definition) is 1. The minimum absolute atomic E-state index is 0.625. The van der Waals surface area contributed by atoms with E-state index in [0.29, 0.717) is 6.42 Å². The predicted octanol–water partition coefficient (Wildman–Crippen LogP) is 4.77. The van der Waals surface area contributed by atoms with Gasteiger partial charge in [0.05, 0.1) is 0 Å². The third-order valence-electron chi connectivity index (χ3n) is 2.20. The Labute approximate surface area is 106 Å². The highest BCUT2D eigenvalue weighted by Crippen LogP contribution is 1.99. The minimum atomic E-state index is 0.625. The molecule has 0 atom stereocenters. The molecule has 0 fully saturated rings. The zero-order chi connectivity index (χ0) is 12.6. The van der Waals surface area contributed by atoms with E-state index >= 15 is 0 Å². The Kier molecular flexibility index (Phi) is 13.5. The highest BCUT2D eigenvalue weighted by Gasteiger charge is 1.79. The molecule has 0 aliphatic carbocycles. The number of allylic oxidation sites excluding steroid dienone is 8. The standard InChI is InChI=1S/C16H24O/c1-2-3-4-5-6-7-8-9-10-11-12-13-14-15-16-17/h3-6,10-13,16H,2,7-9,14-15H2,1H3/b4-3-,6-5-,11-10+,13-12+. The van der Waals surface area contributed by atoms with Crippen molar-refractivity contribution in [2.75, 3.05) is 0 Å². The summed E-state index contributed by atoms with van der Waals surface area (Å²) in [7, 11) is 0. The van der Waals surface area contributed by atoms with Crippen molar-refractivity contribution >= 4 is 6.29 Å². The average Bonchev–Trinajstić information content (AvgIpc) is 2.35. The Bertz CT molecular complexity index is 269. The third kappa shape index (κ3) is 14.6. The summed E-state index contributed by atoms with van der Waals surface area (Å²) in [6.45, 7) is 2.14. The van der Waals surface area contributed by atoms with E-state index in [9.17, 15) is 4.79 Å². The number of unbranched alkanes of at least 4 members (excludes halogenated alkanes) is 3. The lowest BCUT2D eigenvalue weighted by Gasteiger charge is -1.88. The van der Waals surface area contributed by atoms with Crippen molar-refractivity contribution in [3.63, 3.8) is 0 Å². The van der Waals surface area contributed by atoms with Gasteiger partial charge in [0.25, 0.3) is 0 Å². The van der Waals surface area contributed by atoms with Crippen molar-refractivity contribution in [2.45, 2.75) is 45.4 Å². The molecule has 0 heterocycles. The van der Waals surface area contributed by atoms with Crippen molar-refractivity contribution in [3.8, 4) is 0 Å². The fraction of sp³-hybridized carbons (Fsp3) is 0.438. The molecule has 1 nitrogen and oxygen atoms in total. The Hall–Kier alpha value is -1.37. The van der Waals surface area contributed by atoms with Crippen LogP contribution in [0.15, 0.2) is 48.6 Å². The fourth-order valence-electron chi connectivity index (χ4n) is 1.26. The summed E-state index contributed by atoms with van der Waals surface area (Å²) in [4.78, 5) is 10.0. The van der Waals surface area contributed by atoms with E-state index in [1.165, 1.54) is 6.42 Å². The molecular weight excluding hydrogens is 208 g/mol. The van der Waals surface area contributed by atoms with E-state index in [4.69, 9.17) is 0 Å². The van der Waals surface area contributed by atoms with Gasteiger partial charge in [-0.25, -0.2) is 0 Å². The van der Waals surface area contributed by atoms with Crippen LogP contribution in [0, 0.1) is 0 Å². The van der Waals surface area contributed by atoms with Gasteiger partial charge < -0.3 is 4.79 Å². The van der Waals surface area contributed by atoms with Crippen LogP contribution in [0.1, 0.15) is 45.4 Å². The van der Waals surface area contributed by atoms with Gasteiger partial charge in [0.1, 0.15) is 6.29 Å². The van der Waals surface area contributed by atoms with E-state index in [1.807, 2.05) is 12.2 Å². The van der Waals surface area contributed by atoms with Gasteiger partial charge in [-0.3, -0.25) is 0 Å². The summed E-state index contributed by atoms with van der Waals surface area (Å²) in [5.74, 6) is 0. The first kappa shape index (κ1) is 15.6. The van der Waals surface area contributed by atoms with Crippen LogP contribution in [0.3, 0.4) is 0 Å². The molecule has 0 N–H and O–H groups in total. The zero-order valence-corrected chi connectivity index (χ0v) is 10.8. The molecule has 0 amide bonds. The molecule has 94 valence electrons. The second kappa shape index (κ2) is 14.6. The molecule has 0 rings (SSSR count). The molecule has 0 unspecified atom stereocenters. The van der Waals surface area contributed by atoms with Gasteiger partial charge in [-0.15, -0.1) is 0 Å². The van der Waals surface area contributed by atoms with Gasteiger partial charge in [-0.2, -0.15) is 0 Å². The van der Waals surface area contributed by atoms with Crippen LogP contribution in [0.5, 0.6) is 0 Å². The van der Waals surface area contributed by atoms with Crippen molar-refractivity contribution in [2.24, 2.45) is 0 Å². The van der Waals surface area contributed by atoms with Crippen LogP contribution in [0.25, 0.3) is 0 Å². The molecule has 0 aromatic rings. The number of carbonyl (C=O) groups excluding carboxylic acids is 1. The summed E-state index contributed by atoms with van der Waals surface area (Å²) >= 11 is 0. The normalized spacial score (nSPS) is 12.5. The van der Waals surface area contributed by atoms with E-state index in [0.717, 1.165) is 32.0 Å². The molecule has 0 aliphatic rings. The van der Waals surface area contributed by atoms with Gasteiger partial charge in [-0.1, -0.05) is 55.5 Å². The van der Waals surface area contributed by atoms with Crippen LogP contribution in [-0.2, 0) is 4.79 Å². The molecule has 0 aromatic heterocycles. The molecule has 0 radical (unpaired) electrons. The van der Waals surface area contributed by atoms with Gasteiger partial charge in [0.2, 0.25) is 0 Å². The molecule has 1 heteroatoms. The van der Waals surface area contributed by atoms with Gasteiger partial charge in [-0.05, 0) is 32.1 Å². The van der Waals surface area contributed by atoms with Crippen molar-refractivity contribution in [3.05, 3.63) is 48.6 Å². The van der Waals surface area contributed by atoms with E-state index in [1.54, 1.807) is 0 Å². The lowest BCUT2D eigenvalue weighted by atomic mass is 10.2. The average molecular weight is 232 g/mol. The Morgan fingerprint density at radius 1 is 0.706 bits per heavy atom. The molecule has 0 aliphatic heterocycles. The molecular formula is C16H24O. The summed E-state index contributed by atoms with van der Waals surface area (Å²) in [5, 5.41) is 0. The Morgan fingerprint density at radius 2 is 1.24 bits per heavy atom. The van der Waals surface area contributed by atoms with E-state index < -0.39 is 0 Å². The van der Waals surface area contributed by atoms with E-state index in [-0.39, 0.29) is 0 Å². The highest BCUT2D eigenvalue weighted by atomic mass is 16.1. The first-order chi connectivity index (χ1) is 8.41. The van der Waals surface area contributed by atoms with Gasteiger partial charge in [0.15, 0.2) is 0 Å². The maximum Gasteiger partial charge on any atom is 0.120 e. The molecule has 0 saturated heterocycles. The Morgan fingerprint density at radius 3 is 1.76 bits per heavy atom. The smallest absolute Gasteiger partial charge is 0.120 e. The van der Waals surface area contributed by atoms with Crippen LogP contribution in [0.2, 0.25) is 0 Å². The molecule has 0 spiro atoms. The maximum absolute atomic E-state index is 10.0. The fourth-order valence-corrected chi connectivity index (χ4v) is 1.26. The van der Waals surface area contributed by atoms with Gasteiger partial charge >= 0.3 is 0 Å². The highest BCUT2D eigenvalue weighted by molar-refractivity contribution is 5.49. The topological polar surface area (TPSA) is 17.1 Å².